The Bertz CT molecular complexity index is 829. The second-order valence-corrected chi connectivity index (χ2v) is 6.14. The lowest BCUT2D eigenvalue weighted by Crippen LogP contribution is -2.07. The lowest BCUT2D eigenvalue weighted by Gasteiger charge is -2.10. The average Bonchev–Trinajstić information content (AvgIpc) is 2.97. The van der Waals surface area contributed by atoms with E-state index in [9.17, 15) is 0 Å². The Balaban J connectivity index is 2.57. The summed E-state index contributed by atoms with van der Waals surface area (Å²) in [6.45, 7) is 7.61. The van der Waals surface area contributed by atoms with Gasteiger partial charge in [-0.15, -0.1) is 0 Å². The largest absolute Gasteiger partial charge is 0.369 e. The highest BCUT2D eigenvalue weighted by molar-refractivity contribution is 6.29. The summed E-state index contributed by atoms with van der Waals surface area (Å²) in [7, 11) is 3.80. The highest BCUT2D eigenvalue weighted by Gasteiger charge is 2.16. The number of aromatic nitrogens is 3. The molecule has 0 fully saturated rings. The number of aryl methyl sites for hydroxylation is 1. The first kappa shape index (κ1) is 17.9. The fourth-order valence-electron chi connectivity index (χ4n) is 2.10. The van der Waals surface area contributed by atoms with Gasteiger partial charge in [-0.1, -0.05) is 30.3 Å². The van der Waals surface area contributed by atoms with Gasteiger partial charge in [-0.3, -0.25) is 0 Å². The van der Waals surface area contributed by atoms with Gasteiger partial charge in [0.25, 0.3) is 0 Å². The van der Waals surface area contributed by atoms with E-state index in [0.29, 0.717) is 28.3 Å². The van der Waals surface area contributed by atoms with Gasteiger partial charge >= 0.3 is 0 Å². The van der Waals surface area contributed by atoms with Crippen molar-refractivity contribution in [2.24, 2.45) is 4.99 Å². The minimum atomic E-state index is 0.447. The molecule has 0 aliphatic carbocycles. The van der Waals surface area contributed by atoms with Gasteiger partial charge in [0, 0.05) is 36.8 Å². The molecular formula is C17H20ClN5O. The number of aliphatic imine (C=N–C) groups is 1. The summed E-state index contributed by atoms with van der Waals surface area (Å²) in [5.74, 6) is 0. The number of hydrogen-bond donors (Lipinski definition) is 0. The number of rotatable bonds is 6. The first-order valence-corrected chi connectivity index (χ1v) is 7.78. The predicted molar refractivity (Wildman–Crippen MR) is 97.8 cm³/mol. The fourth-order valence-corrected chi connectivity index (χ4v) is 2.16. The summed E-state index contributed by atoms with van der Waals surface area (Å²) in [5.41, 5.74) is 4.46. The molecule has 2 aromatic heterocycles. The Morgan fingerprint density at radius 1 is 1.33 bits per heavy atom. The van der Waals surface area contributed by atoms with E-state index < -0.39 is 0 Å². The Kier molecular flexibility index (Phi) is 5.87. The van der Waals surface area contributed by atoms with Crippen LogP contribution in [0.15, 0.2) is 45.0 Å². The van der Waals surface area contributed by atoms with Crippen LogP contribution in [0.3, 0.4) is 0 Å². The third-order valence-corrected chi connectivity index (χ3v) is 3.41. The predicted octanol–water partition coefficient (Wildman–Crippen LogP) is 3.95. The molecule has 0 saturated carbocycles. The van der Waals surface area contributed by atoms with Crippen molar-refractivity contribution in [3.05, 3.63) is 46.7 Å². The molecule has 24 heavy (non-hydrogen) atoms. The van der Waals surface area contributed by atoms with Crippen LogP contribution in [-0.2, 0) is 6.42 Å². The summed E-state index contributed by atoms with van der Waals surface area (Å²) in [6, 6.07) is 0. The molecular weight excluding hydrogens is 326 g/mol. The lowest BCUT2D eigenvalue weighted by atomic mass is 10.0. The van der Waals surface area contributed by atoms with Crippen LogP contribution in [0.2, 0.25) is 0 Å². The first-order chi connectivity index (χ1) is 11.4. The Morgan fingerprint density at radius 2 is 2.08 bits per heavy atom. The molecule has 0 radical (unpaired) electrons. The van der Waals surface area contributed by atoms with E-state index in [0.717, 1.165) is 16.8 Å². The van der Waals surface area contributed by atoms with Crippen LogP contribution in [-0.4, -0.2) is 40.6 Å². The lowest BCUT2D eigenvalue weighted by molar-refractivity contribution is 0.315. The zero-order valence-corrected chi connectivity index (χ0v) is 15.0. The maximum Gasteiger partial charge on any atom is 0.226 e. The van der Waals surface area contributed by atoms with E-state index in [2.05, 4.69) is 26.9 Å². The topological polar surface area (TPSA) is 67.4 Å². The second kappa shape index (κ2) is 7.88. The number of allylic oxidation sites excluding steroid dienone is 5. The molecule has 0 saturated heterocycles. The number of nitrogens with zero attached hydrogens (tertiary/aromatic N) is 5. The third kappa shape index (κ3) is 4.29. The van der Waals surface area contributed by atoms with Crippen LogP contribution in [0, 0.1) is 6.92 Å². The standard InChI is InChI=1S/C17H20ClN5O/c1-6-13(8-7-11(2)18)9-14-12(3)20-17-16(21-24-22-17)15(14)19-10-23(4)5/h6-8,10H,1,9H2,2-5H3/b11-7+,13-8+,19-10?. The van der Waals surface area contributed by atoms with E-state index >= 15 is 0 Å². The van der Waals surface area contributed by atoms with Crippen molar-refractivity contribution in [3.8, 4) is 0 Å². The van der Waals surface area contributed by atoms with Gasteiger partial charge in [0.15, 0.2) is 5.52 Å². The van der Waals surface area contributed by atoms with Gasteiger partial charge in [0.1, 0.15) is 5.69 Å². The molecule has 0 N–H and O–H groups in total. The van der Waals surface area contributed by atoms with Crippen molar-refractivity contribution < 1.29 is 4.63 Å². The van der Waals surface area contributed by atoms with E-state index in [1.165, 1.54) is 0 Å². The summed E-state index contributed by atoms with van der Waals surface area (Å²) in [5, 5.41) is 8.47. The van der Waals surface area contributed by atoms with Gasteiger partial charge < -0.3 is 4.90 Å². The van der Waals surface area contributed by atoms with Crippen molar-refractivity contribution in [2.45, 2.75) is 20.3 Å². The molecule has 0 atom stereocenters. The Labute approximate surface area is 146 Å². The fraction of sp³-hybridized carbons (Fsp3) is 0.294. The highest BCUT2D eigenvalue weighted by atomic mass is 35.5. The van der Waals surface area contributed by atoms with Crippen molar-refractivity contribution in [3.63, 3.8) is 0 Å². The van der Waals surface area contributed by atoms with Crippen molar-refractivity contribution in [1.82, 2.24) is 20.2 Å². The molecule has 0 unspecified atom stereocenters. The van der Waals surface area contributed by atoms with Crippen molar-refractivity contribution in [2.75, 3.05) is 14.1 Å². The van der Waals surface area contributed by atoms with Crippen LogP contribution in [0.4, 0.5) is 5.69 Å². The van der Waals surface area contributed by atoms with Crippen LogP contribution in [0.5, 0.6) is 0 Å². The van der Waals surface area contributed by atoms with Crippen molar-refractivity contribution in [1.29, 1.82) is 0 Å². The second-order valence-electron chi connectivity index (χ2n) is 5.54. The van der Waals surface area contributed by atoms with E-state index in [-0.39, 0.29) is 0 Å². The molecule has 126 valence electrons. The summed E-state index contributed by atoms with van der Waals surface area (Å²) < 4.78 is 4.82. The summed E-state index contributed by atoms with van der Waals surface area (Å²) in [4.78, 5) is 10.8. The number of halogens is 1. The highest BCUT2D eigenvalue weighted by Crippen LogP contribution is 2.31. The number of fused-ring (bicyclic) bond motifs is 1. The summed E-state index contributed by atoms with van der Waals surface area (Å²) in [6.07, 6.45) is 7.87. The minimum absolute atomic E-state index is 0.447. The van der Waals surface area contributed by atoms with Gasteiger partial charge in [-0.25, -0.2) is 14.6 Å². The van der Waals surface area contributed by atoms with Gasteiger partial charge in [-0.2, -0.15) is 0 Å². The molecule has 0 aliphatic heterocycles. The van der Waals surface area contributed by atoms with Crippen molar-refractivity contribution >= 4 is 34.8 Å². The summed E-state index contributed by atoms with van der Waals surface area (Å²) >= 11 is 5.90. The molecule has 2 aromatic rings. The van der Waals surface area contributed by atoms with Crippen LogP contribution in [0.25, 0.3) is 11.2 Å². The number of pyridine rings is 1. The first-order valence-electron chi connectivity index (χ1n) is 7.40. The maximum absolute atomic E-state index is 5.90. The van der Waals surface area contributed by atoms with Gasteiger partial charge in [0.2, 0.25) is 5.65 Å². The average molecular weight is 346 g/mol. The molecule has 2 rings (SSSR count). The van der Waals surface area contributed by atoms with Gasteiger partial charge in [0.05, 0.1) is 6.34 Å². The van der Waals surface area contributed by atoms with Gasteiger partial charge in [-0.05, 0) is 35.8 Å². The Morgan fingerprint density at radius 3 is 2.71 bits per heavy atom. The molecule has 2 heterocycles. The van der Waals surface area contributed by atoms with E-state index in [1.54, 1.807) is 12.4 Å². The molecule has 0 spiro atoms. The van der Waals surface area contributed by atoms with Crippen LogP contribution < -0.4 is 0 Å². The monoisotopic (exact) mass is 345 g/mol. The number of hydrogen-bond acceptors (Lipinski definition) is 5. The SMILES string of the molecule is C=C/C(=C\C=C(/C)Cl)Cc1c(C)nc2nonc2c1N=CN(C)C. The normalized spacial score (nSPS) is 13.0. The zero-order valence-electron chi connectivity index (χ0n) is 14.2. The minimum Gasteiger partial charge on any atom is -0.369 e. The van der Waals surface area contributed by atoms with E-state index in [1.807, 2.05) is 45.0 Å². The smallest absolute Gasteiger partial charge is 0.226 e. The molecule has 0 aromatic carbocycles. The molecule has 0 amide bonds. The quantitative estimate of drug-likeness (QED) is 0.450. The molecule has 0 aliphatic rings. The zero-order chi connectivity index (χ0) is 17.7. The molecule has 0 bridgehead atoms. The van der Waals surface area contributed by atoms with Crippen LogP contribution in [0.1, 0.15) is 18.2 Å². The van der Waals surface area contributed by atoms with E-state index in [4.69, 9.17) is 16.2 Å². The molecule has 6 nitrogen and oxygen atoms in total. The maximum atomic E-state index is 5.90. The third-order valence-electron chi connectivity index (χ3n) is 3.28. The molecule has 7 heteroatoms. The van der Waals surface area contributed by atoms with Crippen LogP contribution >= 0.6 is 11.6 Å². The Hall–Kier alpha value is -2.47.